The predicted molar refractivity (Wildman–Crippen MR) is 78.1 cm³/mol. The normalized spacial score (nSPS) is 12.2. The Morgan fingerprint density at radius 3 is 2.72 bits per heavy atom. The highest BCUT2D eigenvalue weighted by Crippen LogP contribution is 2.22. The van der Waals surface area contributed by atoms with Gasteiger partial charge in [0.15, 0.2) is 0 Å². The van der Waals surface area contributed by atoms with Crippen LogP contribution >= 0.6 is 0 Å². The van der Waals surface area contributed by atoms with E-state index in [0.29, 0.717) is 6.61 Å². The van der Waals surface area contributed by atoms with Gasteiger partial charge in [-0.3, -0.25) is 0 Å². The summed E-state index contributed by atoms with van der Waals surface area (Å²) in [5, 5.41) is 0. The maximum Gasteiger partial charge on any atom is 0.123 e. The first-order valence-electron chi connectivity index (χ1n) is 6.71. The van der Waals surface area contributed by atoms with Gasteiger partial charge in [-0.05, 0) is 43.4 Å². The van der Waals surface area contributed by atoms with Gasteiger partial charge in [-0.2, -0.15) is 0 Å². The average Bonchev–Trinajstić information content (AvgIpc) is 2.37. The van der Waals surface area contributed by atoms with Crippen molar-refractivity contribution in [3.05, 3.63) is 41.5 Å². The van der Waals surface area contributed by atoms with Gasteiger partial charge in [-0.15, -0.1) is 0 Å². The lowest BCUT2D eigenvalue weighted by atomic mass is 10.0. The number of benzene rings is 1. The minimum atomic E-state index is 0.198. The van der Waals surface area contributed by atoms with Gasteiger partial charge < -0.3 is 10.5 Å². The third-order valence-electron chi connectivity index (χ3n) is 3.15. The quantitative estimate of drug-likeness (QED) is 0.747. The molecule has 1 unspecified atom stereocenters. The maximum absolute atomic E-state index is 6.03. The molecule has 0 amide bonds. The molecule has 100 valence electrons. The zero-order chi connectivity index (χ0) is 13.5. The molecule has 0 aliphatic heterocycles. The molecule has 2 heteroatoms. The lowest BCUT2D eigenvalue weighted by Gasteiger charge is -2.15. The van der Waals surface area contributed by atoms with Crippen molar-refractivity contribution < 1.29 is 4.74 Å². The summed E-state index contributed by atoms with van der Waals surface area (Å²) in [6.45, 7) is 10.9. The Labute approximate surface area is 111 Å². The summed E-state index contributed by atoms with van der Waals surface area (Å²) in [6, 6.07) is 6.48. The molecule has 0 bridgehead atoms. The van der Waals surface area contributed by atoms with E-state index in [9.17, 15) is 0 Å². The van der Waals surface area contributed by atoms with Crippen LogP contribution in [0.3, 0.4) is 0 Å². The number of hydrogen-bond acceptors (Lipinski definition) is 2. The molecule has 0 spiro atoms. The van der Waals surface area contributed by atoms with Crippen molar-refractivity contribution in [2.24, 2.45) is 5.73 Å². The third kappa shape index (κ3) is 4.53. The molecule has 0 saturated heterocycles. The van der Waals surface area contributed by atoms with E-state index in [4.69, 9.17) is 10.5 Å². The lowest BCUT2D eigenvalue weighted by Crippen LogP contribution is -2.22. The van der Waals surface area contributed by atoms with E-state index in [1.807, 2.05) is 6.07 Å². The summed E-state index contributed by atoms with van der Waals surface area (Å²) in [4.78, 5) is 0. The van der Waals surface area contributed by atoms with E-state index in [0.717, 1.165) is 30.6 Å². The Balaban J connectivity index is 2.79. The Hall–Kier alpha value is -1.28. The Bertz CT molecular complexity index is 398. The fourth-order valence-electron chi connectivity index (χ4n) is 1.72. The number of nitrogens with two attached hydrogens (primary N) is 1. The zero-order valence-corrected chi connectivity index (χ0v) is 11.8. The highest BCUT2D eigenvalue weighted by molar-refractivity contribution is 5.37. The standard InChI is InChI=1S/C16H25NO/c1-5-12(3)11-18-16-8-7-13(4)9-14(16)10-15(17)6-2/h7-9,15H,3,5-6,10-11,17H2,1-2,4H3. The topological polar surface area (TPSA) is 35.2 Å². The molecule has 0 aliphatic rings. The average molecular weight is 247 g/mol. The van der Waals surface area contributed by atoms with E-state index in [1.165, 1.54) is 11.1 Å². The van der Waals surface area contributed by atoms with Gasteiger partial charge in [0, 0.05) is 6.04 Å². The van der Waals surface area contributed by atoms with Gasteiger partial charge >= 0.3 is 0 Å². The minimum Gasteiger partial charge on any atom is -0.489 e. The van der Waals surface area contributed by atoms with E-state index >= 15 is 0 Å². The second kappa shape index (κ2) is 7.22. The smallest absolute Gasteiger partial charge is 0.123 e. The number of ether oxygens (including phenoxy) is 1. The molecule has 1 aromatic carbocycles. The van der Waals surface area contributed by atoms with Crippen LogP contribution in [0.1, 0.15) is 37.8 Å². The van der Waals surface area contributed by atoms with E-state index in [-0.39, 0.29) is 6.04 Å². The van der Waals surface area contributed by atoms with Crippen LogP contribution in [-0.4, -0.2) is 12.6 Å². The summed E-state index contributed by atoms with van der Waals surface area (Å²) >= 11 is 0. The molecule has 2 N–H and O–H groups in total. The van der Waals surface area contributed by atoms with Crippen LogP contribution in [-0.2, 0) is 6.42 Å². The summed E-state index contributed by atoms with van der Waals surface area (Å²) in [5.74, 6) is 0.944. The van der Waals surface area contributed by atoms with Crippen molar-refractivity contribution >= 4 is 0 Å². The molecule has 2 nitrogen and oxygen atoms in total. The molecule has 1 rings (SSSR count). The molecule has 0 aromatic heterocycles. The van der Waals surface area contributed by atoms with Gasteiger partial charge in [0.25, 0.3) is 0 Å². The Morgan fingerprint density at radius 1 is 1.39 bits per heavy atom. The largest absolute Gasteiger partial charge is 0.489 e. The second-order valence-electron chi connectivity index (χ2n) is 4.88. The molecule has 0 fully saturated rings. The molecule has 0 saturated carbocycles. The van der Waals surface area contributed by atoms with Crippen LogP contribution in [0.15, 0.2) is 30.4 Å². The van der Waals surface area contributed by atoms with Crippen LogP contribution in [0.25, 0.3) is 0 Å². The zero-order valence-electron chi connectivity index (χ0n) is 11.8. The number of hydrogen-bond donors (Lipinski definition) is 1. The first-order valence-corrected chi connectivity index (χ1v) is 6.71. The molecular formula is C16H25NO. The number of aryl methyl sites for hydroxylation is 1. The second-order valence-corrected chi connectivity index (χ2v) is 4.88. The highest BCUT2D eigenvalue weighted by Gasteiger charge is 2.08. The van der Waals surface area contributed by atoms with Crippen molar-refractivity contribution in [1.29, 1.82) is 0 Å². The van der Waals surface area contributed by atoms with Crippen molar-refractivity contribution in [3.8, 4) is 5.75 Å². The molecule has 1 atom stereocenters. The minimum absolute atomic E-state index is 0.198. The molecule has 0 heterocycles. The molecule has 0 radical (unpaired) electrons. The van der Waals surface area contributed by atoms with Gasteiger partial charge in [-0.1, -0.05) is 38.1 Å². The van der Waals surface area contributed by atoms with Crippen molar-refractivity contribution in [2.45, 2.75) is 46.1 Å². The summed E-state index contributed by atoms with van der Waals surface area (Å²) < 4.78 is 5.84. The Morgan fingerprint density at radius 2 is 2.11 bits per heavy atom. The fourth-order valence-corrected chi connectivity index (χ4v) is 1.72. The van der Waals surface area contributed by atoms with Gasteiger partial charge in [-0.25, -0.2) is 0 Å². The number of rotatable bonds is 7. The molecule has 0 aliphatic carbocycles. The molecule has 18 heavy (non-hydrogen) atoms. The van der Waals surface area contributed by atoms with Crippen LogP contribution in [0.4, 0.5) is 0 Å². The van der Waals surface area contributed by atoms with Crippen LogP contribution in [0, 0.1) is 6.92 Å². The first-order chi connectivity index (χ1) is 8.56. The highest BCUT2D eigenvalue weighted by atomic mass is 16.5. The monoisotopic (exact) mass is 247 g/mol. The van der Waals surface area contributed by atoms with Crippen LogP contribution in [0.5, 0.6) is 5.75 Å². The van der Waals surface area contributed by atoms with Crippen molar-refractivity contribution in [2.75, 3.05) is 6.61 Å². The molecular weight excluding hydrogens is 222 g/mol. The van der Waals surface area contributed by atoms with Crippen molar-refractivity contribution in [1.82, 2.24) is 0 Å². The maximum atomic E-state index is 6.03. The van der Waals surface area contributed by atoms with Gasteiger partial charge in [0.05, 0.1) is 0 Å². The van der Waals surface area contributed by atoms with Crippen LogP contribution < -0.4 is 10.5 Å². The lowest BCUT2D eigenvalue weighted by molar-refractivity contribution is 0.344. The van der Waals surface area contributed by atoms with Crippen LogP contribution in [0.2, 0.25) is 0 Å². The summed E-state index contributed by atoms with van der Waals surface area (Å²) in [5.41, 5.74) is 9.59. The SMILES string of the molecule is C=C(CC)COc1ccc(C)cc1CC(N)CC. The van der Waals surface area contributed by atoms with E-state index < -0.39 is 0 Å². The van der Waals surface area contributed by atoms with E-state index in [2.05, 4.69) is 39.5 Å². The summed E-state index contributed by atoms with van der Waals surface area (Å²) in [6.07, 6.45) is 2.80. The van der Waals surface area contributed by atoms with Gasteiger partial charge in [0.2, 0.25) is 0 Å². The summed E-state index contributed by atoms with van der Waals surface area (Å²) in [7, 11) is 0. The predicted octanol–water partition coefficient (Wildman–Crippen LogP) is 3.62. The molecule has 1 aromatic rings. The fraction of sp³-hybridized carbons (Fsp3) is 0.500. The van der Waals surface area contributed by atoms with Gasteiger partial charge in [0.1, 0.15) is 12.4 Å². The first kappa shape index (κ1) is 14.8. The third-order valence-corrected chi connectivity index (χ3v) is 3.15. The van der Waals surface area contributed by atoms with E-state index in [1.54, 1.807) is 0 Å². The Kier molecular flexibility index (Phi) is 5.93. The van der Waals surface area contributed by atoms with Crippen molar-refractivity contribution in [3.63, 3.8) is 0 Å².